The number of benzene rings is 1. The number of pyridine rings is 1. The molecule has 3 aromatic rings. The maximum atomic E-state index is 9.19. The number of hydrogen-bond acceptors (Lipinski definition) is 2. The highest BCUT2D eigenvalue weighted by Gasteiger charge is 2.13. The van der Waals surface area contributed by atoms with E-state index in [1.54, 1.807) is 0 Å². The molecule has 0 saturated carbocycles. The Morgan fingerprint density at radius 2 is 1.81 bits per heavy atom. The summed E-state index contributed by atoms with van der Waals surface area (Å²) in [6.07, 6.45) is 3.95. The minimum absolute atomic E-state index is 0.0406. The van der Waals surface area contributed by atoms with Crippen molar-refractivity contribution in [1.29, 1.82) is 0 Å². The van der Waals surface area contributed by atoms with E-state index in [1.807, 2.05) is 28.9 Å². The van der Waals surface area contributed by atoms with E-state index in [4.69, 9.17) is 0 Å². The Hall–Kier alpha value is -2.13. The molecule has 0 bridgehead atoms. The summed E-state index contributed by atoms with van der Waals surface area (Å²) >= 11 is 0. The van der Waals surface area contributed by atoms with Crippen LogP contribution in [0.4, 0.5) is 0 Å². The third-order valence-corrected chi connectivity index (χ3v) is 3.75. The predicted molar refractivity (Wildman–Crippen MR) is 85.3 cm³/mol. The summed E-state index contributed by atoms with van der Waals surface area (Å²) in [5.74, 6) is 0. The minimum Gasteiger partial charge on any atom is -0.392 e. The molecule has 0 unspecified atom stereocenters. The molecular weight excluding hydrogens is 260 g/mol. The molecule has 0 spiro atoms. The molecule has 21 heavy (non-hydrogen) atoms. The van der Waals surface area contributed by atoms with Crippen LogP contribution in [-0.2, 0) is 12.0 Å². The predicted octanol–water partition coefficient (Wildman–Crippen LogP) is 3.79. The molecule has 1 aromatic carbocycles. The number of nitrogens with zero attached hydrogens (tertiary/aromatic N) is 2. The lowest BCUT2D eigenvalue weighted by Crippen LogP contribution is -2.10. The fourth-order valence-corrected chi connectivity index (χ4v) is 2.40. The Balaban J connectivity index is 2.00. The smallest absolute Gasteiger partial charge is 0.137 e. The Morgan fingerprint density at radius 1 is 1.10 bits per heavy atom. The lowest BCUT2D eigenvalue weighted by Gasteiger charge is -2.18. The molecule has 108 valence electrons. The normalized spacial score (nSPS) is 12.0. The molecule has 0 fully saturated rings. The van der Waals surface area contributed by atoms with E-state index in [9.17, 15) is 5.11 Å². The second-order valence-corrected chi connectivity index (χ2v) is 6.41. The average molecular weight is 280 g/mol. The number of aliphatic hydroxyl groups is 1. The largest absolute Gasteiger partial charge is 0.392 e. The monoisotopic (exact) mass is 280 g/mol. The standard InChI is InChI=1S/C18H20N2O/c1-18(2,3)15-6-4-14(5-7-15)16-11-20-9-8-13(12-21)10-17(20)19-16/h4-11,21H,12H2,1-3H3. The van der Waals surface area contributed by atoms with Crippen molar-refractivity contribution in [1.82, 2.24) is 9.38 Å². The zero-order valence-corrected chi connectivity index (χ0v) is 12.7. The Morgan fingerprint density at radius 3 is 2.43 bits per heavy atom. The third-order valence-electron chi connectivity index (χ3n) is 3.75. The van der Waals surface area contributed by atoms with Crippen LogP contribution >= 0.6 is 0 Å². The molecule has 0 amide bonds. The quantitative estimate of drug-likeness (QED) is 0.775. The molecule has 2 aromatic heterocycles. The van der Waals surface area contributed by atoms with Crippen LogP contribution in [0, 0.1) is 0 Å². The van der Waals surface area contributed by atoms with Crippen LogP contribution in [0.2, 0.25) is 0 Å². The SMILES string of the molecule is CC(C)(C)c1ccc(-c2cn3ccc(CO)cc3n2)cc1. The van der Waals surface area contributed by atoms with E-state index < -0.39 is 0 Å². The molecule has 3 nitrogen and oxygen atoms in total. The van der Waals surface area contributed by atoms with Gasteiger partial charge in [-0.25, -0.2) is 4.98 Å². The lowest BCUT2D eigenvalue weighted by molar-refractivity contribution is 0.282. The van der Waals surface area contributed by atoms with Gasteiger partial charge in [0.15, 0.2) is 0 Å². The van der Waals surface area contributed by atoms with E-state index in [0.29, 0.717) is 0 Å². The van der Waals surface area contributed by atoms with Crippen molar-refractivity contribution in [3.63, 3.8) is 0 Å². The van der Waals surface area contributed by atoms with Gasteiger partial charge in [-0.05, 0) is 28.7 Å². The van der Waals surface area contributed by atoms with Gasteiger partial charge in [0.1, 0.15) is 5.65 Å². The fourth-order valence-electron chi connectivity index (χ4n) is 2.40. The van der Waals surface area contributed by atoms with E-state index in [0.717, 1.165) is 22.5 Å². The second kappa shape index (κ2) is 5.01. The van der Waals surface area contributed by atoms with E-state index in [1.165, 1.54) is 5.56 Å². The van der Waals surface area contributed by atoms with Crippen LogP contribution in [0.25, 0.3) is 16.9 Å². The van der Waals surface area contributed by atoms with E-state index >= 15 is 0 Å². The molecule has 0 radical (unpaired) electrons. The van der Waals surface area contributed by atoms with Crippen molar-refractivity contribution in [2.75, 3.05) is 0 Å². The molecule has 0 atom stereocenters. The average Bonchev–Trinajstić information content (AvgIpc) is 2.89. The van der Waals surface area contributed by atoms with Crippen molar-refractivity contribution in [2.24, 2.45) is 0 Å². The molecular formula is C18H20N2O. The van der Waals surface area contributed by atoms with Crippen LogP contribution in [0.3, 0.4) is 0 Å². The summed E-state index contributed by atoms with van der Waals surface area (Å²) in [5.41, 5.74) is 5.27. The molecule has 3 heteroatoms. The van der Waals surface area contributed by atoms with E-state index in [2.05, 4.69) is 50.0 Å². The highest BCUT2D eigenvalue weighted by atomic mass is 16.3. The first-order valence-electron chi connectivity index (χ1n) is 7.17. The van der Waals surface area contributed by atoms with Gasteiger partial charge in [-0.3, -0.25) is 0 Å². The maximum Gasteiger partial charge on any atom is 0.137 e. The van der Waals surface area contributed by atoms with Crippen LogP contribution in [-0.4, -0.2) is 14.5 Å². The third kappa shape index (κ3) is 2.69. The van der Waals surface area contributed by atoms with Gasteiger partial charge >= 0.3 is 0 Å². The first-order valence-corrected chi connectivity index (χ1v) is 7.17. The van der Waals surface area contributed by atoms with Crippen LogP contribution in [0.1, 0.15) is 31.9 Å². The zero-order valence-electron chi connectivity index (χ0n) is 12.7. The van der Waals surface area contributed by atoms with Gasteiger partial charge in [-0.2, -0.15) is 0 Å². The molecule has 2 heterocycles. The van der Waals surface area contributed by atoms with Gasteiger partial charge in [-0.1, -0.05) is 45.0 Å². The summed E-state index contributed by atoms with van der Waals surface area (Å²) in [5, 5.41) is 9.19. The molecule has 0 saturated heterocycles. The van der Waals surface area contributed by atoms with Crippen LogP contribution in [0.15, 0.2) is 48.8 Å². The summed E-state index contributed by atoms with van der Waals surface area (Å²) in [7, 11) is 0. The van der Waals surface area contributed by atoms with Crippen molar-refractivity contribution in [3.8, 4) is 11.3 Å². The van der Waals surface area contributed by atoms with Gasteiger partial charge in [0.25, 0.3) is 0 Å². The summed E-state index contributed by atoms with van der Waals surface area (Å²) < 4.78 is 1.98. The summed E-state index contributed by atoms with van der Waals surface area (Å²) in [4.78, 5) is 4.64. The number of imidazole rings is 1. The van der Waals surface area contributed by atoms with Gasteiger partial charge in [0.2, 0.25) is 0 Å². The lowest BCUT2D eigenvalue weighted by atomic mass is 9.86. The number of hydrogen-bond donors (Lipinski definition) is 1. The fraction of sp³-hybridized carbons (Fsp3) is 0.278. The van der Waals surface area contributed by atoms with Gasteiger partial charge in [-0.15, -0.1) is 0 Å². The number of fused-ring (bicyclic) bond motifs is 1. The maximum absolute atomic E-state index is 9.19. The van der Waals surface area contributed by atoms with Crippen molar-refractivity contribution in [2.45, 2.75) is 32.8 Å². The van der Waals surface area contributed by atoms with E-state index in [-0.39, 0.29) is 12.0 Å². The van der Waals surface area contributed by atoms with Gasteiger partial charge in [0.05, 0.1) is 12.3 Å². The van der Waals surface area contributed by atoms with Crippen molar-refractivity contribution in [3.05, 3.63) is 59.9 Å². The van der Waals surface area contributed by atoms with Crippen molar-refractivity contribution >= 4 is 5.65 Å². The first-order chi connectivity index (χ1) is 9.97. The molecule has 1 N–H and O–H groups in total. The summed E-state index contributed by atoms with van der Waals surface area (Å²) in [6.45, 7) is 6.68. The molecule has 0 aliphatic heterocycles. The first kappa shape index (κ1) is 13.8. The number of aliphatic hydroxyl groups excluding tert-OH is 1. The highest BCUT2D eigenvalue weighted by Crippen LogP contribution is 2.26. The zero-order chi connectivity index (χ0) is 15.0. The number of rotatable bonds is 2. The van der Waals surface area contributed by atoms with Gasteiger partial charge < -0.3 is 9.51 Å². The Kier molecular flexibility index (Phi) is 3.30. The minimum atomic E-state index is 0.0406. The molecule has 0 aliphatic rings. The molecule has 0 aliphatic carbocycles. The Bertz CT molecular complexity index is 764. The topological polar surface area (TPSA) is 37.5 Å². The van der Waals surface area contributed by atoms with Crippen LogP contribution < -0.4 is 0 Å². The Labute approximate surface area is 124 Å². The number of aromatic nitrogens is 2. The van der Waals surface area contributed by atoms with Crippen LogP contribution in [0.5, 0.6) is 0 Å². The van der Waals surface area contributed by atoms with Crippen molar-refractivity contribution < 1.29 is 5.11 Å². The summed E-state index contributed by atoms with van der Waals surface area (Å²) in [6, 6.07) is 12.4. The van der Waals surface area contributed by atoms with Gasteiger partial charge in [0, 0.05) is 18.0 Å². The second-order valence-electron chi connectivity index (χ2n) is 6.41. The molecule has 3 rings (SSSR count). The highest BCUT2D eigenvalue weighted by molar-refractivity contribution is 5.63.